The molecule has 0 amide bonds. The summed E-state index contributed by atoms with van der Waals surface area (Å²) in [5.74, 6) is 0.571. The van der Waals surface area contributed by atoms with E-state index in [0.29, 0.717) is 12.4 Å². The predicted molar refractivity (Wildman–Crippen MR) is 125 cm³/mol. The van der Waals surface area contributed by atoms with Gasteiger partial charge in [0.15, 0.2) is 0 Å². The quantitative estimate of drug-likeness (QED) is 0.487. The molecule has 1 aliphatic heterocycles. The topological polar surface area (TPSA) is 30.9 Å². The summed E-state index contributed by atoms with van der Waals surface area (Å²) in [4.78, 5) is 8.80. The minimum absolute atomic E-state index is 0.203. The molecule has 0 bridgehead atoms. The van der Waals surface area contributed by atoms with Gasteiger partial charge in [-0.25, -0.2) is 13.8 Å². The minimum atomic E-state index is -0.284. The molecule has 30 heavy (non-hydrogen) atoms. The Morgan fingerprint density at radius 2 is 1.83 bits per heavy atom. The van der Waals surface area contributed by atoms with E-state index in [-0.39, 0.29) is 18.4 Å². The summed E-state index contributed by atoms with van der Waals surface area (Å²) in [6.07, 6.45) is 4.96. The summed E-state index contributed by atoms with van der Waals surface area (Å²) >= 11 is 0. The van der Waals surface area contributed by atoms with Crippen molar-refractivity contribution in [3.05, 3.63) is 47.6 Å². The van der Waals surface area contributed by atoms with Gasteiger partial charge in [0.05, 0.1) is 6.21 Å². The number of hydrogen-bond donors (Lipinski definition) is 1. The summed E-state index contributed by atoms with van der Waals surface area (Å²) in [7, 11) is 0. The van der Waals surface area contributed by atoms with Crippen molar-refractivity contribution in [3.63, 3.8) is 0 Å². The molecule has 0 aromatic heterocycles. The molecule has 0 aliphatic carbocycles. The molecule has 0 radical (unpaired) electrons. The van der Waals surface area contributed by atoms with Crippen LogP contribution in [0, 0.1) is 5.92 Å². The van der Waals surface area contributed by atoms with E-state index in [9.17, 15) is 8.78 Å². The molecule has 1 unspecified atom stereocenters. The van der Waals surface area contributed by atoms with Crippen LogP contribution < -0.4 is 10.2 Å². The number of piperazine rings is 1. The number of allylic oxidation sites excluding steroid dienone is 3. The summed E-state index contributed by atoms with van der Waals surface area (Å²) in [6.45, 7) is 11.7. The maximum atomic E-state index is 14.4. The average Bonchev–Trinajstić information content (AvgIpc) is 2.77. The van der Waals surface area contributed by atoms with Crippen LogP contribution in [0.1, 0.15) is 40.5 Å². The molecule has 1 atom stereocenters. The maximum absolute atomic E-state index is 14.4. The third kappa shape index (κ3) is 7.24. The number of aliphatic imine (C=N–C) groups is 1. The lowest BCUT2D eigenvalue weighted by Crippen LogP contribution is -2.47. The fourth-order valence-electron chi connectivity index (χ4n) is 3.35. The zero-order valence-corrected chi connectivity index (χ0v) is 18.8. The van der Waals surface area contributed by atoms with Gasteiger partial charge in [-0.05, 0) is 61.6 Å². The molecule has 2 rings (SSSR count). The van der Waals surface area contributed by atoms with Crippen LogP contribution in [0.15, 0.2) is 52.6 Å². The third-order valence-electron chi connectivity index (χ3n) is 5.72. The number of nitrogens with zero attached hydrogens (tertiary/aromatic N) is 3. The molecule has 6 heteroatoms. The van der Waals surface area contributed by atoms with Crippen molar-refractivity contribution in [2.75, 3.05) is 49.6 Å². The van der Waals surface area contributed by atoms with Crippen molar-refractivity contribution in [2.24, 2.45) is 10.9 Å². The fraction of sp³-hybridized carbons (Fsp3) is 0.542. The minimum Gasteiger partial charge on any atom is -0.369 e. The largest absolute Gasteiger partial charge is 0.369 e. The van der Waals surface area contributed by atoms with Gasteiger partial charge in [-0.2, -0.15) is 0 Å². The van der Waals surface area contributed by atoms with Crippen LogP contribution in [-0.2, 0) is 0 Å². The Bertz CT molecular complexity index is 732. The first kappa shape index (κ1) is 24.1. The average molecular weight is 419 g/mol. The number of nitrogens with one attached hydrogen (secondary N) is 1. The lowest BCUT2D eigenvalue weighted by atomic mass is 9.99. The molecule has 1 heterocycles. The van der Waals surface area contributed by atoms with E-state index < -0.39 is 0 Å². The highest BCUT2D eigenvalue weighted by atomic mass is 19.1. The second-order valence-corrected chi connectivity index (χ2v) is 7.79. The lowest BCUT2D eigenvalue weighted by Gasteiger charge is -2.35. The lowest BCUT2D eigenvalue weighted by molar-refractivity contribution is 0.235. The van der Waals surface area contributed by atoms with Gasteiger partial charge in [0.25, 0.3) is 0 Å². The maximum Gasteiger partial charge on any atom is 0.140 e. The summed E-state index contributed by atoms with van der Waals surface area (Å²) in [6, 6.07) is 8.18. The predicted octanol–water partition coefficient (Wildman–Crippen LogP) is 5.80. The smallest absolute Gasteiger partial charge is 0.140 e. The first-order valence-corrected chi connectivity index (χ1v) is 11.0. The standard InChI is InChI=1S/C24H36F2N4/c1-5-7-24(27-18-23(26)20(4)19(3)6-2)28-21-8-10-22(11-9-21)30-16-14-29(13-12-25)15-17-30/h7-11,18-19,28H,5-6,12-17H2,1-4H3/b23-20-,24-7-,27-18+. The molecule has 1 fully saturated rings. The molecular weight excluding hydrogens is 382 g/mol. The van der Waals surface area contributed by atoms with Gasteiger partial charge in [-0.3, -0.25) is 4.90 Å². The number of halogens is 2. The van der Waals surface area contributed by atoms with E-state index in [4.69, 9.17) is 0 Å². The van der Waals surface area contributed by atoms with E-state index >= 15 is 0 Å². The van der Waals surface area contributed by atoms with Crippen LogP contribution in [0.2, 0.25) is 0 Å². The normalized spacial score (nSPS) is 17.9. The van der Waals surface area contributed by atoms with Crippen molar-refractivity contribution in [1.29, 1.82) is 0 Å². The van der Waals surface area contributed by atoms with E-state index in [2.05, 4.69) is 39.2 Å². The van der Waals surface area contributed by atoms with Crippen LogP contribution in [-0.4, -0.2) is 50.5 Å². The van der Waals surface area contributed by atoms with Crippen LogP contribution in [0.4, 0.5) is 20.2 Å². The first-order chi connectivity index (χ1) is 14.5. The van der Waals surface area contributed by atoms with Gasteiger partial charge in [-0.1, -0.05) is 20.8 Å². The van der Waals surface area contributed by atoms with E-state index in [1.807, 2.05) is 39.0 Å². The zero-order chi connectivity index (χ0) is 21.9. The van der Waals surface area contributed by atoms with Gasteiger partial charge in [0.2, 0.25) is 0 Å². The van der Waals surface area contributed by atoms with Crippen molar-refractivity contribution < 1.29 is 8.78 Å². The van der Waals surface area contributed by atoms with Crippen molar-refractivity contribution >= 4 is 17.6 Å². The molecular formula is C24H36F2N4. The summed E-state index contributed by atoms with van der Waals surface area (Å²) in [5.41, 5.74) is 2.80. The van der Waals surface area contributed by atoms with E-state index in [1.54, 1.807) is 0 Å². The Labute approximate surface area is 180 Å². The first-order valence-electron chi connectivity index (χ1n) is 11.0. The molecule has 1 N–H and O–H groups in total. The van der Waals surface area contributed by atoms with Gasteiger partial charge in [0.1, 0.15) is 18.3 Å². The van der Waals surface area contributed by atoms with Crippen LogP contribution in [0.3, 0.4) is 0 Å². The second kappa shape index (κ2) is 12.5. The molecule has 0 saturated carbocycles. The van der Waals surface area contributed by atoms with E-state index in [1.165, 1.54) is 6.21 Å². The van der Waals surface area contributed by atoms with Crippen molar-refractivity contribution in [2.45, 2.75) is 40.5 Å². The van der Waals surface area contributed by atoms with Gasteiger partial charge in [0, 0.05) is 44.1 Å². The van der Waals surface area contributed by atoms with Crippen molar-refractivity contribution in [3.8, 4) is 0 Å². The molecule has 1 saturated heterocycles. The molecule has 4 nitrogen and oxygen atoms in total. The van der Waals surface area contributed by atoms with Gasteiger partial charge in [-0.15, -0.1) is 0 Å². The Balaban J connectivity index is 2.00. The van der Waals surface area contributed by atoms with Gasteiger partial charge < -0.3 is 10.2 Å². The number of rotatable bonds is 10. The number of hydrogen-bond acceptors (Lipinski definition) is 4. The number of alkyl halides is 1. The highest BCUT2D eigenvalue weighted by molar-refractivity contribution is 5.78. The molecule has 1 aromatic rings. The number of anilines is 2. The molecule has 1 aliphatic rings. The number of benzene rings is 1. The molecule has 0 spiro atoms. The summed E-state index contributed by atoms with van der Waals surface area (Å²) < 4.78 is 26.8. The highest BCUT2D eigenvalue weighted by Gasteiger charge is 2.16. The Hall–Kier alpha value is -2.21. The SMILES string of the molecule is CC/C=C(/N=C/C(F)=C(\C)C(C)CC)Nc1ccc(N2CCN(CCF)CC2)cc1. The van der Waals surface area contributed by atoms with Crippen LogP contribution >= 0.6 is 0 Å². The third-order valence-corrected chi connectivity index (χ3v) is 5.72. The molecule has 1 aromatic carbocycles. The van der Waals surface area contributed by atoms with E-state index in [0.717, 1.165) is 56.0 Å². The van der Waals surface area contributed by atoms with Crippen LogP contribution in [0.5, 0.6) is 0 Å². The van der Waals surface area contributed by atoms with Gasteiger partial charge >= 0.3 is 0 Å². The summed E-state index contributed by atoms with van der Waals surface area (Å²) in [5, 5.41) is 3.28. The Morgan fingerprint density at radius 1 is 1.17 bits per heavy atom. The fourth-order valence-corrected chi connectivity index (χ4v) is 3.35. The van der Waals surface area contributed by atoms with Crippen molar-refractivity contribution in [1.82, 2.24) is 4.90 Å². The highest BCUT2D eigenvalue weighted by Crippen LogP contribution is 2.21. The monoisotopic (exact) mass is 418 g/mol. The zero-order valence-electron chi connectivity index (χ0n) is 18.8. The Morgan fingerprint density at radius 3 is 2.40 bits per heavy atom. The Kier molecular flexibility index (Phi) is 10.0. The molecule has 166 valence electrons. The second-order valence-electron chi connectivity index (χ2n) is 7.79. The van der Waals surface area contributed by atoms with Crippen LogP contribution in [0.25, 0.3) is 0 Å².